The van der Waals surface area contributed by atoms with Crippen LogP contribution in [0.1, 0.15) is 26.2 Å². The van der Waals surface area contributed by atoms with Gasteiger partial charge in [-0.25, -0.2) is 0 Å². The smallest absolute Gasteiger partial charge is 0.219 e. The van der Waals surface area contributed by atoms with Gasteiger partial charge in [0.1, 0.15) is 0 Å². The lowest BCUT2D eigenvalue weighted by atomic mass is 9.94. The lowest BCUT2D eigenvalue weighted by Gasteiger charge is -2.27. The summed E-state index contributed by atoms with van der Waals surface area (Å²) in [5.74, 6) is -0.255. The molecule has 0 spiro atoms. The monoisotopic (exact) mass is 186 g/mol. The summed E-state index contributed by atoms with van der Waals surface area (Å²) >= 11 is 0. The Labute approximate surface area is 78.8 Å². The molecular weight excluding hydrogens is 168 g/mol. The molecule has 3 N–H and O–H groups in total. The minimum absolute atomic E-state index is 0.179. The van der Waals surface area contributed by atoms with Crippen LogP contribution in [0.5, 0.6) is 0 Å². The first kappa shape index (κ1) is 10.5. The third kappa shape index (κ3) is 2.97. The van der Waals surface area contributed by atoms with E-state index >= 15 is 0 Å². The van der Waals surface area contributed by atoms with Gasteiger partial charge in [-0.15, -0.1) is 0 Å². The highest BCUT2D eigenvalue weighted by Crippen LogP contribution is 2.22. The topological polar surface area (TPSA) is 64.3 Å². The fourth-order valence-electron chi connectivity index (χ4n) is 1.67. The molecular formula is C9H18N2O2. The molecule has 1 aliphatic heterocycles. The van der Waals surface area contributed by atoms with E-state index in [0.29, 0.717) is 13.0 Å². The molecule has 1 aliphatic rings. The molecule has 0 aromatic rings. The highest BCUT2D eigenvalue weighted by Gasteiger charge is 2.35. The minimum atomic E-state index is -0.255. The normalized spacial score (nSPS) is 27.8. The summed E-state index contributed by atoms with van der Waals surface area (Å²) in [7, 11) is 0. The molecule has 0 radical (unpaired) electrons. The number of rotatable bonds is 5. The van der Waals surface area contributed by atoms with Gasteiger partial charge in [-0.2, -0.15) is 0 Å². The summed E-state index contributed by atoms with van der Waals surface area (Å²) in [4.78, 5) is 10.9. The quantitative estimate of drug-likeness (QED) is 0.636. The molecule has 1 heterocycles. The van der Waals surface area contributed by atoms with Gasteiger partial charge in [-0.1, -0.05) is 6.92 Å². The standard InChI is InChI=1S/C9H18N2O2/c1-2-4-11-9(6-8(10)12)3-5-13-7-9/h11H,2-7H2,1H3,(H2,10,12). The zero-order valence-electron chi connectivity index (χ0n) is 8.14. The average molecular weight is 186 g/mol. The Morgan fingerprint density at radius 1 is 1.69 bits per heavy atom. The van der Waals surface area contributed by atoms with E-state index in [1.54, 1.807) is 0 Å². The molecule has 1 saturated heterocycles. The van der Waals surface area contributed by atoms with Crippen molar-refractivity contribution in [3.8, 4) is 0 Å². The summed E-state index contributed by atoms with van der Waals surface area (Å²) in [6, 6.07) is 0. The number of hydrogen-bond donors (Lipinski definition) is 2. The van der Waals surface area contributed by atoms with Crippen LogP contribution in [0, 0.1) is 0 Å². The Bertz CT molecular complexity index is 176. The molecule has 13 heavy (non-hydrogen) atoms. The second-order valence-electron chi connectivity index (χ2n) is 3.65. The van der Waals surface area contributed by atoms with Crippen molar-refractivity contribution < 1.29 is 9.53 Å². The average Bonchev–Trinajstić information content (AvgIpc) is 2.49. The Kier molecular flexibility index (Phi) is 3.69. The van der Waals surface area contributed by atoms with Crippen LogP contribution in [0.4, 0.5) is 0 Å². The highest BCUT2D eigenvalue weighted by molar-refractivity contribution is 5.75. The number of carbonyl (C=O) groups excluding carboxylic acids is 1. The molecule has 1 rings (SSSR count). The molecule has 1 fully saturated rings. The third-order valence-electron chi connectivity index (χ3n) is 2.37. The van der Waals surface area contributed by atoms with E-state index in [0.717, 1.165) is 26.0 Å². The first-order chi connectivity index (χ1) is 6.18. The number of primary amides is 1. The molecule has 0 aromatic heterocycles. The van der Waals surface area contributed by atoms with E-state index in [4.69, 9.17) is 10.5 Å². The van der Waals surface area contributed by atoms with E-state index in [1.165, 1.54) is 0 Å². The summed E-state index contributed by atoms with van der Waals surface area (Å²) in [5.41, 5.74) is 5.02. The van der Waals surface area contributed by atoms with Crippen molar-refractivity contribution in [3.05, 3.63) is 0 Å². The molecule has 4 heteroatoms. The minimum Gasteiger partial charge on any atom is -0.379 e. The zero-order chi connectivity index (χ0) is 9.73. The van der Waals surface area contributed by atoms with E-state index < -0.39 is 0 Å². The van der Waals surface area contributed by atoms with Crippen LogP contribution in [0.2, 0.25) is 0 Å². The maximum Gasteiger partial charge on any atom is 0.219 e. The number of amides is 1. The van der Waals surface area contributed by atoms with Crippen LogP contribution in [0.15, 0.2) is 0 Å². The summed E-state index contributed by atoms with van der Waals surface area (Å²) in [6.45, 7) is 4.34. The van der Waals surface area contributed by atoms with Crippen LogP contribution >= 0.6 is 0 Å². The SMILES string of the molecule is CCCNC1(CC(N)=O)CCOC1. The summed E-state index contributed by atoms with van der Waals surface area (Å²) < 4.78 is 5.29. The highest BCUT2D eigenvalue weighted by atomic mass is 16.5. The third-order valence-corrected chi connectivity index (χ3v) is 2.37. The first-order valence-electron chi connectivity index (χ1n) is 4.80. The molecule has 1 unspecified atom stereocenters. The van der Waals surface area contributed by atoms with Crippen LogP contribution in [-0.4, -0.2) is 31.2 Å². The molecule has 4 nitrogen and oxygen atoms in total. The van der Waals surface area contributed by atoms with Gasteiger partial charge in [-0.3, -0.25) is 4.79 Å². The molecule has 0 saturated carbocycles. The van der Waals surface area contributed by atoms with Crippen LogP contribution < -0.4 is 11.1 Å². The largest absolute Gasteiger partial charge is 0.379 e. The van der Waals surface area contributed by atoms with Crippen molar-refractivity contribution in [3.63, 3.8) is 0 Å². The van der Waals surface area contributed by atoms with Crippen molar-refractivity contribution in [2.45, 2.75) is 31.7 Å². The lowest BCUT2D eigenvalue weighted by Crippen LogP contribution is -2.48. The Hall–Kier alpha value is -0.610. The van der Waals surface area contributed by atoms with Gasteiger partial charge in [0.25, 0.3) is 0 Å². The second kappa shape index (κ2) is 4.58. The van der Waals surface area contributed by atoms with Gasteiger partial charge in [0, 0.05) is 13.0 Å². The van der Waals surface area contributed by atoms with Crippen molar-refractivity contribution in [1.82, 2.24) is 5.32 Å². The molecule has 1 atom stereocenters. The fourth-order valence-corrected chi connectivity index (χ4v) is 1.67. The van der Waals surface area contributed by atoms with Crippen LogP contribution in [0.25, 0.3) is 0 Å². The molecule has 0 aliphatic carbocycles. The van der Waals surface area contributed by atoms with Crippen molar-refractivity contribution in [2.24, 2.45) is 5.73 Å². The lowest BCUT2D eigenvalue weighted by molar-refractivity contribution is -0.119. The molecule has 0 aromatic carbocycles. The maximum atomic E-state index is 10.9. The number of ether oxygens (including phenoxy) is 1. The first-order valence-corrected chi connectivity index (χ1v) is 4.80. The van der Waals surface area contributed by atoms with Gasteiger partial charge in [-0.05, 0) is 19.4 Å². The number of nitrogens with one attached hydrogen (secondary N) is 1. The summed E-state index contributed by atoms with van der Waals surface area (Å²) in [6.07, 6.45) is 2.32. The van der Waals surface area contributed by atoms with Crippen LogP contribution in [0.3, 0.4) is 0 Å². The van der Waals surface area contributed by atoms with E-state index in [2.05, 4.69) is 12.2 Å². The van der Waals surface area contributed by atoms with Gasteiger partial charge in [0.15, 0.2) is 0 Å². The maximum absolute atomic E-state index is 10.9. The number of nitrogens with two attached hydrogens (primary N) is 1. The Balaban J connectivity index is 2.47. The summed E-state index contributed by atoms with van der Waals surface area (Å²) in [5, 5.41) is 3.35. The van der Waals surface area contributed by atoms with Crippen molar-refractivity contribution >= 4 is 5.91 Å². The van der Waals surface area contributed by atoms with Gasteiger partial charge in [0.05, 0.1) is 12.1 Å². The molecule has 76 valence electrons. The van der Waals surface area contributed by atoms with Crippen molar-refractivity contribution in [2.75, 3.05) is 19.8 Å². The Morgan fingerprint density at radius 2 is 2.46 bits per heavy atom. The predicted octanol–water partition coefficient (Wildman–Crippen LogP) is 0.0205. The molecule has 1 amide bonds. The Morgan fingerprint density at radius 3 is 2.92 bits per heavy atom. The zero-order valence-corrected chi connectivity index (χ0v) is 8.14. The second-order valence-corrected chi connectivity index (χ2v) is 3.65. The van der Waals surface area contributed by atoms with E-state index in [-0.39, 0.29) is 11.4 Å². The predicted molar refractivity (Wildman–Crippen MR) is 50.3 cm³/mol. The van der Waals surface area contributed by atoms with Crippen LogP contribution in [-0.2, 0) is 9.53 Å². The van der Waals surface area contributed by atoms with Gasteiger partial charge < -0.3 is 15.8 Å². The van der Waals surface area contributed by atoms with E-state index in [1.807, 2.05) is 0 Å². The van der Waals surface area contributed by atoms with E-state index in [9.17, 15) is 4.79 Å². The van der Waals surface area contributed by atoms with Gasteiger partial charge >= 0.3 is 0 Å². The fraction of sp³-hybridized carbons (Fsp3) is 0.889. The number of hydrogen-bond acceptors (Lipinski definition) is 3. The van der Waals surface area contributed by atoms with Crippen molar-refractivity contribution in [1.29, 1.82) is 0 Å². The van der Waals surface area contributed by atoms with Gasteiger partial charge in [0.2, 0.25) is 5.91 Å². The number of carbonyl (C=O) groups is 1. The molecule has 0 bridgehead atoms.